The molecule has 0 saturated heterocycles. The molecule has 1 aliphatic rings. The Kier molecular flexibility index (Phi) is 3.92. The zero-order valence-corrected chi connectivity index (χ0v) is 21.9. The van der Waals surface area contributed by atoms with Crippen molar-refractivity contribution in [3.05, 3.63) is 127 Å². The molecule has 5 heteroatoms. The number of imidazole rings is 1. The number of hydrogen-bond acceptors (Lipinski definition) is 3. The molecule has 0 atom stereocenters. The maximum absolute atomic E-state index is 5.23. The van der Waals surface area contributed by atoms with Gasteiger partial charge in [0.15, 0.2) is 0 Å². The smallest absolute Gasteiger partial charge is 0.147 e. The van der Waals surface area contributed by atoms with Crippen LogP contribution in [-0.4, -0.2) is 23.9 Å². The summed E-state index contributed by atoms with van der Waals surface area (Å²) < 4.78 is 4.70. The summed E-state index contributed by atoms with van der Waals surface area (Å²) in [6, 6.07) is 32.9. The molecular weight excluding hydrogens is 502 g/mol. The molecule has 0 radical (unpaired) electrons. The molecule has 10 rings (SSSR count). The molecule has 5 heterocycles. The van der Waals surface area contributed by atoms with Crippen LogP contribution < -0.4 is 0 Å². The third-order valence-corrected chi connectivity index (χ3v) is 8.87. The van der Waals surface area contributed by atoms with Crippen LogP contribution in [0.25, 0.3) is 77.0 Å². The van der Waals surface area contributed by atoms with E-state index in [4.69, 9.17) is 4.98 Å². The van der Waals surface area contributed by atoms with Crippen LogP contribution in [0.5, 0.6) is 0 Å². The van der Waals surface area contributed by atoms with Gasteiger partial charge in [0.2, 0.25) is 0 Å². The SMILES string of the molecule is c1ccc(-n2c3ccc4c5ccncc5n5c6cnccc6nc5c4c3c3ccc4c(c32)-c2ccccc2C4)cc1. The molecule has 4 aromatic carbocycles. The van der Waals surface area contributed by atoms with Crippen LogP contribution in [-0.2, 0) is 6.42 Å². The molecular formula is C36H21N5. The van der Waals surface area contributed by atoms with Crippen molar-refractivity contribution in [1.29, 1.82) is 0 Å². The monoisotopic (exact) mass is 523 g/mol. The van der Waals surface area contributed by atoms with Gasteiger partial charge in [-0.2, -0.15) is 0 Å². The van der Waals surface area contributed by atoms with E-state index in [1.807, 2.05) is 30.9 Å². The van der Waals surface area contributed by atoms with Crippen molar-refractivity contribution < 1.29 is 0 Å². The van der Waals surface area contributed by atoms with Crippen LogP contribution in [0.15, 0.2) is 116 Å². The third kappa shape index (κ3) is 2.63. The van der Waals surface area contributed by atoms with Gasteiger partial charge in [0.05, 0.1) is 40.0 Å². The van der Waals surface area contributed by atoms with Crippen LogP contribution in [0, 0.1) is 0 Å². The highest BCUT2D eigenvalue weighted by molar-refractivity contribution is 6.30. The minimum Gasteiger partial charge on any atom is -0.309 e. The van der Waals surface area contributed by atoms with E-state index in [1.165, 1.54) is 49.4 Å². The van der Waals surface area contributed by atoms with E-state index >= 15 is 0 Å². The van der Waals surface area contributed by atoms with Crippen molar-refractivity contribution in [3.8, 4) is 16.8 Å². The summed E-state index contributed by atoms with van der Waals surface area (Å²) >= 11 is 0. The number of rotatable bonds is 1. The predicted molar refractivity (Wildman–Crippen MR) is 166 cm³/mol. The molecule has 5 nitrogen and oxygen atoms in total. The number of hydrogen-bond donors (Lipinski definition) is 0. The van der Waals surface area contributed by atoms with E-state index in [2.05, 4.69) is 104 Å². The fraction of sp³-hybridized carbons (Fsp3) is 0.0278. The second-order valence-electron chi connectivity index (χ2n) is 10.9. The highest BCUT2D eigenvalue weighted by Crippen LogP contribution is 2.48. The van der Waals surface area contributed by atoms with Crippen molar-refractivity contribution in [1.82, 2.24) is 23.9 Å². The molecule has 0 aliphatic heterocycles. The number of benzene rings is 4. The fourth-order valence-electron chi connectivity index (χ4n) is 7.24. The van der Waals surface area contributed by atoms with Gasteiger partial charge in [0.25, 0.3) is 0 Å². The van der Waals surface area contributed by atoms with Crippen molar-refractivity contribution in [2.45, 2.75) is 6.42 Å². The zero-order chi connectivity index (χ0) is 26.7. The van der Waals surface area contributed by atoms with Gasteiger partial charge >= 0.3 is 0 Å². The van der Waals surface area contributed by atoms with Crippen LogP contribution in [0.2, 0.25) is 0 Å². The molecule has 0 fully saturated rings. The summed E-state index contributed by atoms with van der Waals surface area (Å²) in [5, 5.41) is 5.95. The average Bonchev–Trinajstić information content (AvgIpc) is 3.71. The number of para-hydroxylation sites is 1. The fourth-order valence-corrected chi connectivity index (χ4v) is 7.24. The molecule has 190 valence electrons. The summed E-state index contributed by atoms with van der Waals surface area (Å²) in [4.78, 5) is 14.2. The maximum atomic E-state index is 5.23. The van der Waals surface area contributed by atoms with Gasteiger partial charge in [0.1, 0.15) is 5.65 Å². The van der Waals surface area contributed by atoms with E-state index in [-0.39, 0.29) is 0 Å². The molecule has 0 unspecified atom stereocenters. The lowest BCUT2D eigenvalue weighted by atomic mass is 9.98. The molecule has 0 bridgehead atoms. The second-order valence-corrected chi connectivity index (χ2v) is 10.9. The highest BCUT2D eigenvalue weighted by atomic mass is 15.0. The van der Waals surface area contributed by atoms with E-state index in [0.717, 1.165) is 45.1 Å². The standard InChI is InChI=1S/C36H21N5/c1-2-7-23(8-3-1)40-29-13-12-26-25-14-16-37-19-30(25)41-31-20-38-17-15-28(31)39-36(41)34(26)33(29)27-11-10-22-18-21-6-4-5-9-24(21)32(22)35(27)40/h1-17,19-20H,18H2. The lowest BCUT2D eigenvalue weighted by Crippen LogP contribution is -1.96. The van der Waals surface area contributed by atoms with Crippen LogP contribution in [0.3, 0.4) is 0 Å². The molecule has 0 spiro atoms. The lowest BCUT2D eigenvalue weighted by molar-refractivity contribution is 1.18. The second kappa shape index (κ2) is 7.55. The van der Waals surface area contributed by atoms with Gasteiger partial charge in [0, 0.05) is 45.2 Å². The van der Waals surface area contributed by atoms with Crippen molar-refractivity contribution >= 4 is 60.2 Å². The van der Waals surface area contributed by atoms with Gasteiger partial charge in [-0.05, 0) is 58.8 Å². The van der Waals surface area contributed by atoms with Crippen molar-refractivity contribution in [2.24, 2.45) is 0 Å². The van der Waals surface area contributed by atoms with Gasteiger partial charge < -0.3 is 4.57 Å². The van der Waals surface area contributed by atoms with E-state index in [0.29, 0.717) is 0 Å². The zero-order valence-electron chi connectivity index (χ0n) is 21.9. The van der Waals surface area contributed by atoms with E-state index < -0.39 is 0 Å². The molecule has 0 N–H and O–H groups in total. The first kappa shape index (κ1) is 21.3. The van der Waals surface area contributed by atoms with Crippen LogP contribution in [0.4, 0.5) is 0 Å². The first-order valence-corrected chi connectivity index (χ1v) is 13.9. The number of aromatic nitrogens is 5. The molecule has 9 aromatic rings. The van der Waals surface area contributed by atoms with Gasteiger partial charge in [-0.25, -0.2) is 4.98 Å². The maximum Gasteiger partial charge on any atom is 0.147 e. The summed E-state index contributed by atoms with van der Waals surface area (Å²) in [6.45, 7) is 0. The summed E-state index contributed by atoms with van der Waals surface area (Å²) in [7, 11) is 0. The highest BCUT2D eigenvalue weighted by Gasteiger charge is 2.27. The van der Waals surface area contributed by atoms with Crippen molar-refractivity contribution in [3.63, 3.8) is 0 Å². The Morgan fingerprint density at radius 1 is 0.585 bits per heavy atom. The normalized spacial score (nSPS) is 12.8. The van der Waals surface area contributed by atoms with Gasteiger partial charge in [-0.15, -0.1) is 0 Å². The number of nitrogens with zero attached hydrogens (tertiary/aromatic N) is 5. The Hall–Kier alpha value is -5.55. The molecule has 5 aromatic heterocycles. The lowest BCUT2D eigenvalue weighted by Gasteiger charge is -2.12. The quantitative estimate of drug-likeness (QED) is 0.204. The van der Waals surface area contributed by atoms with Crippen molar-refractivity contribution in [2.75, 3.05) is 0 Å². The third-order valence-electron chi connectivity index (χ3n) is 8.87. The Morgan fingerprint density at radius 3 is 2.32 bits per heavy atom. The van der Waals surface area contributed by atoms with Gasteiger partial charge in [-0.1, -0.05) is 60.7 Å². The largest absolute Gasteiger partial charge is 0.309 e. The van der Waals surface area contributed by atoms with Crippen LogP contribution >= 0.6 is 0 Å². The Bertz CT molecular complexity index is 2550. The average molecular weight is 524 g/mol. The molecule has 0 saturated carbocycles. The Balaban J connectivity index is 1.52. The number of pyridine rings is 3. The Morgan fingerprint density at radius 2 is 1.39 bits per heavy atom. The Labute approximate surface area is 234 Å². The predicted octanol–water partition coefficient (Wildman–Crippen LogP) is 8.25. The molecule has 1 aliphatic carbocycles. The van der Waals surface area contributed by atoms with E-state index in [9.17, 15) is 0 Å². The minimum absolute atomic E-state index is 0.927. The summed E-state index contributed by atoms with van der Waals surface area (Å²) in [5.74, 6) is 0. The first-order chi connectivity index (χ1) is 20.4. The van der Waals surface area contributed by atoms with E-state index in [1.54, 1.807) is 0 Å². The summed E-state index contributed by atoms with van der Waals surface area (Å²) in [6.07, 6.45) is 8.50. The van der Waals surface area contributed by atoms with Crippen LogP contribution in [0.1, 0.15) is 11.1 Å². The first-order valence-electron chi connectivity index (χ1n) is 13.9. The summed E-state index contributed by atoms with van der Waals surface area (Å²) in [5.41, 5.74) is 12.9. The number of fused-ring (bicyclic) bond motifs is 16. The topological polar surface area (TPSA) is 48.0 Å². The minimum atomic E-state index is 0.927. The molecule has 0 amide bonds. The molecule has 41 heavy (non-hydrogen) atoms. The van der Waals surface area contributed by atoms with Gasteiger partial charge in [-0.3, -0.25) is 14.4 Å².